The minimum atomic E-state index is -0.0774. The van der Waals surface area contributed by atoms with Crippen LogP contribution < -0.4 is 5.73 Å². The number of anilines is 1. The number of aliphatic imine (C=N–C) groups is 1. The van der Waals surface area contributed by atoms with Crippen molar-refractivity contribution >= 4 is 45.4 Å². The summed E-state index contributed by atoms with van der Waals surface area (Å²) in [6, 6.07) is 5.89. The molecule has 1 aromatic heterocycles. The molecule has 96 valence electrons. The fraction of sp³-hybridized carbons (Fsp3) is 0.0769. The van der Waals surface area contributed by atoms with E-state index in [1.54, 1.807) is 17.8 Å². The Morgan fingerprint density at radius 1 is 1.42 bits per heavy atom. The molecule has 3 rings (SSSR count). The van der Waals surface area contributed by atoms with Crippen LogP contribution in [0.25, 0.3) is 11.6 Å². The van der Waals surface area contributed by atoms with Crippen molar-refractivity contribution in [2.45, 2.75) is 0 Å². The van der Waals surface area contributed by atoms with Gasteiger partial charge in [-0.1, -0.05) is 22.0 Å². The largest absolute Gasteiger partial charge is 0.492 e. The highest BCUT2D eigenvalue weighted by Gasteiger charge is 2.15. The summed E-state index contributed by atoms with van der Waals surface area (Å²) in [6.45, 7) is 0. The number of nitrogens with two attached hydrogens (primary N) is 1. The summed E-state index contributed by atoms with van der Waals surface area (Å²) in [6.07, 6.45) is 3.58. The van der Waals surface area contributed by atoms with E-state index in [4.69, 9.17) is 5.73 Å². The number of nitrogens with zero attached hydrogens (tertiary/aromatic N) is 3. The number of aromatic hydroxyl groups is 1. The maximum absolute atomic E-state index is 9.76. The number of benzene rings is 1. The molecule has 0 atom stereocenters. The van der Waals surface area contributed by atoms with Gasteiger partial charge >= 0.3 is 0 Å². The summed E-state index contributed by atoms with van der Waals surface area (Å²) in [5, 5.41) is 9.76. The fourth-order valence-corrected chi connectivity index (χ4v) is 2.35. The molecule has 1 aromatic carbocycles. The molecular weight excluding hydrogens is 308 g/mol. The smallest absolute Gasteiger partial charge is 0.238 e. The average Bonchev–Trinajstić information content (AvgIpc) is 2.86. The third kappa shape index (κ3) is 1.94. The molecule has 0 bridgehead atoms. The van der Waals surface area contributed by atoms with Gasteiger partial charge in [-0.05, 0) is 18.2 Å². The van der Waals surface area contributed by atoms with Crippen LogP contribution in [0.5, 0.6) is 5.88 Å². The molecular formula is C13H11BrN4O. The zero-order valence-corrected chi connectivity index (χ0v) is 11.7. The quantitative estimate of drug-likeness (QED) is 0.848. The van der Waals surface area contributed by atoms with Crippen molar-refractivity contribution in [3.05, 3.63) is 33.9 Å². The van der Waals surface area contributed by atoms with Crippen molar-refractivity contribution in [3.63, 3.8) is 0 Å². The van der Waals surface area contributed by atoms with Crippen molar-refractivity contribution < 1.29 is 5.11 Å². The molecule has 0 saturated carbocycles. The SMILES string of the molecule is Cn1c(N)nc(O)c1/C=C1\C=Nc2cc(Br)ccc21. The topological polar surface area (TPSA) is 76.4 Å². The number of aromatic nitrogens is 2. The Bertz CT molecular complexity index is 730. The molecule has 5 nitrogen and oxygen atoms in total. The summed E-state index contributed by atoms with van der Waals surface area (Å²) in [5.74, 6) is 0.196. The Kier molecular flexibility index (Phi) is 2.67. The van der Waals surface area contributed by atoms with Gasteiger partial charge in [0.05, 0.1) is 5.69 Å². The molecule has 0 radical (unpaired) electrons. The molecule has 6 heteroatoms. The number of imidazole rings is 1. The summed E-state index contributed by atoms with van der Waals surface area (Å²) < 4.78 is 2.62. The van der Waals surface area contributed by atoms with Gasteiger partial charge in [0, 0.05) is 28.9 Å². The third-order valence-corrected chi connectivity index (χ3v) is 3.55. The van der Waals surface area contributed by atoms with E-state index in [0.29, 0.717) is 5.69 Å². The summed E-state index contributed by atoms with van der Waals surface area (Å²) >= 11 is 3.41. The number of nitrogen functional groups attached to an aromatic ring is 1. The first-order valence-electron chi connectivity index (χ1n) is 5.63. The Hall–Kier alpha value is -2.08. The number of fused-ring (bicyclic) bond motifs is 1. The second kappa shape index (κ2) is 4.24. The highest BCUT2D eigenvalue weighted by atomic mass is 79.9. The van der Waals surface area contributed by atoms with Crippen molar-refractivity contribution in [2.24, 2.45) is 12.0 Å². The molecule has 0 amide bonds. The van der Waals surface area contributed by atoms with E-state index in [-0.39, 0.29) is 11.8 Å². The maximum Gasteiger partial charge on any atom is 0.238 e. The summed E-state index contributed by atoms with van der Waals surface area (Å²) in [4.78, 5) is 8.16. The first kappa shape index (κ1) is 12.0. The first-order chi connectivity index (χ1) is 9.06. The predicted molar refractivity (Wildman–Crippen MR) is 79.5 cm³/mol. The number of hydrogen-bond acceptors (Lipinski definition) is 4. The molecule has 1 aliphatic rings. The number of hydrogen-bond donors (Lipinski definition) is 2. The highest BCUT2D eigenvalue weighted by molar-refractivity contribution is 9.10. The van der Waals surface area contributed by atoms with Gasteiger partial charge in [0.2, 0.25) is 11.8 Å². The molecule has 3 N–H and O–H groups in total. The van der Waals surface area contributed by atoms with Crippen molar-refractivity contribution in [1.82, 2.24) is 9.55 Å². The monoisotopic (exact) mass is 318 g/mol. The third-order valence-electron chi connectivity index (χ3n) is 3.06. The molecule has 0 aliphatic carbocycles. The van der Waals surface area contributed by atoms with Crippen molar-refractivity contribution in [1.29, 1.82) is 0 Å². The number of halogens is 1. The first-order valence-corrected chi connectivity index (χ1v) is 6.42. The van der Waals surface area contributed by atoms with Crippen LogP contribution >= 0.6 is 15.9 Å². The standard InChI is InChI=1S/C13H11BrN4O/c1-18-11(12(19)17-13(18)15)4-7-6-16-10-5-8(14)2-3-9(7)10/h2-6,19H,1H3,(H2,15,17)/b7-4+. The number of allylic oxidation sites excluding steroid dienone is 1. The van der Waals surface area contributed by atoms with E-state index in [0.717, 1.165) is 21.3 Å². The molecule has 0 unspecified atom stereocenters. The van der Waals surface area contributed by atoms with Gasteiger partial charge in [-0.25, -0.2) is 0 Å². The molecule has 1 aliphatic heterocycles. The van der Waals surface area contributed by atoms with E-state index < -0.39 is 0 Å². The van der Waals surface area contributed by atoms with Crippen LogP contribution in [0.3, 0.4) is 0 Å². The van der Waals surface area contributed by atoms with Gasteiger partial charge in [0.15, 0.2) is 0 Å². The average molecular weight is 319 g/mol. The molecule has 2 aromatic rings. The summed E-state index contributed by atoms with van der Waals surface area (Å²) in [5.41, 5.74) is 9.05. The van der Waals surface area contributed by atoms with Gasteiger partial charge in [0.1, 0.15) is 5.69 Å². The van der Waals surface area contributed by atoms with Crippen LogP contribution in [-0.4, -0.2) is 20.9 Å². The lowest BCUT2D eigenvalue weighted by Gasteiger charge is -2.02. The Morgan fingerprint density at radius 3 is 2.89 bits per heavy atom. The fourth-order valence-electron chi connectivity index (χ4n) is 2.00. The summed E-state index contributed by atoms with van der Waals surface area (Å²) in [7, 11) is 1.75. The molecule has 0 fully saturated rings. The van der Waals surface area contributed by atoms with E-state index in [2.05, 4.69) is 25.9 Å². The van der Waals surface area contributed by atoms with Gasteiger partial charge in [-0.2, -0.15) is 4.98 Å². The molecule has 19 heavy (non-hydrogen) atoms. The van der Waals surface area contributed by atoms with Gasteiger partial charge in [0.25, 0.3) is 0 Å². The Balaban J connectivity index is 2.11. The lowest BCUT2D eigenvalue weighted by Crippen LogP contribution is -1.98. The lowest BCUT2D eigenvalue weighted by molar-refractivity contribution is 0.455. The Labute approximate surface area is 118 Å². The van der Waals surface area contributed by atoms with Gasteiger partial charge in [-0.3, -0.25) is 4.99 Å². The predicted octanol–water partition coefficient (Wildman–Crippen LogP) is 2.73. The van der Waals surface area contributed by atoms with Gasteiger partial charge < -0.3 is 15.4 Å². The zero-order valence-electron chi connectivity index (χ0n) is 10.1. The molecule has 0 spiro atoms. The van der Waals surface area contributed by atoms with Crippen LogP contribution in [0.2, 0.25) is 0 Å². The second-order valence-electron chi connectivity index (χ2n) is 4.26. The maximum atomic E-state index is 9.76. The van der Waals surface area contributed by atoms with E-state index in [1.807, 2.05) is 24.3 Å². The minimum Gasteiger partial charge on any atom is -0.492 e. The zero-order chi connectivity index (χ0) is 13.6. The van der Waals surface area contributed by atoms with E-state index in [1.165, 1.54) is 0 Å². The van der Waals surface area contributed by atoms with Crippen LogP contribution in [-0.2, 0) is 7.05 Å². The van der Waals surface area contributed by atoms with Crippen molar-refractivity contribution in [3.8, 4) is 5.88 Å². The highest BCUT2D eigenvalue weighted by Crippen LogP contribution is 2.35. The van der Waals surface area contributed by atoms with Crippen LogP contribution in [0.4, 0.5) is 11.6 Å². The normalized spacial score (nSPS) is 15.2. The number of rotatable bonds is 1. The van der Waals surface area contributed by atoms with E-state index >= 15 is 0 Å². The minimum absolute atomic E-state index is 0.0774. The van der Waals surface area contributed by atoms with Crippen LogP contribution in [0.15, 0.2) is 27.7 Å². The van der Waals surface area contributed by atoms with Crippen LogP contribution in [0, 0.1) is 0 Å². The molecule has 2 heterocycles. The molecule has 0 saturated heterocycles. The van der Waals surface area contributed by atoms with Crippen molar-refractivity contribution in [2.75, 3.05) is 5.73 Å². The second-order valence-corrected chi connectivity index (χ2v) is 5.17. The van der Waals surface area contributed by atoms with E-state index in [9.17, 15) is 5.11 Å². The van der Waals surface area contributed by atoms with Crippen LogP contribution in [0.1, 0.15) is 11.3 Å². The lowest BCUT2D eigenvalue weighted by atomic mass is 10.1. The Morgan fingerprint density at radius 2 is 2.21 bits per heavy atom. The van der Waals surface area contributed by atoms with Gasteiger partial charge in [-0.15, -0.1) is 0 Å².